The highest BCUT2D eigenvalue weighted by molar-refractivity contribution is 6.28. The van der Waals surface area contributed by atoms with Crippen LogP contribution in [0, 0.1) is 0 Å². The Morgan fingerprint density at radius 2 is 2.13 bits per heavy atom. The molecule has 0 unspecified atom stereocenters. The first kappa shape index (κ1) is 10.4. The topological polar surface area (TPSA) is 30.2 Å². The highest BCUT2D eigenvalue weighted by Crippen LogP contribution is 2.27. The third-order valence-corrected chi connectivity index (χ3v) is 3.12. The molecule has 2 aromatic rings. The summed E-state index contributed by atoms with van der Waals surface area (Å²) in [5, 5.41) is 4.50. The van der Waals surface area contributed by atoms with Crippen LogP contribution in [0.15, 0.2) is 18.3 Å². The normalized spacial score (nSPS) is 12.3. The first-order valence-electron chi connectivity index (χ1n) is 5.05. The van der Waals surface area contributed by atoms with Crippen LogP contribution < -0.4 is 0 Å². The van der Waals surface area contributed by atoms with Crippen molar-refractivity contribution in [3.8, 4) is 0 Å². The summed E-state index contributed by atoms with van der Waals surface area (Å²) in [6, 6.07) is 4.10. The van der Waals surface area contributed by atoms with Crippen molar-refractivity contribution in [2.75, 3.05) is 0 Å². The fraction of sp³-hybridized carbons (Fsp3) is 0.455. The summed E-state index contributed by atoms with van der Waals surface area (Å²) in [5.41, 5.74) is 2.25. The number of hydrogen-bond donors (Lipinski definition) is 0. The number of rotatable bonds is 2. The minimum Gasteiger partial charge on any atom is -0.233 e. The molecule has 2 aromatic heterocycles. The first-order chi connectivity index (χ1) is 7.04. The average Bonchev–Trinajstić information content (AvgIpc) is 2.61. The molecule has 0 spiro atoms. The van der Waals surface area contributed by atoms with Crippen molar-refractivity contribution >= 4 is 17.1 Å². The fourth-order valence-corrected chi connectivity index (χ4v) is 1.70. The van der Waals surface area contributed by atoms with Gasteiger partial charge >= 0.3 is 0 Å². The smallest absolute Gasteiger partial charge is 0.233 e. The molecule has 0 amide bonds. The van der Waals surface area contributed by atoms with Gasteiger partial charge in [-0.1, -0.05) is 20.8 Å². The van der Waals surface area contributed by atoms with Gasteiger partial charge in [0, 0.05) is 11.1 Å². The van der Waals surface area contributed by atoms with Crippen molar-refractivity contribution < 1.29 is 0 Å². The van der Waals surface area contributed by atoms with E-state index in [9.17, 15) is 0 Å². The van der Waals surface area contributed by atoms with Crippen LogP contribution in [0.1, 0.15) is 32.9 Å². The highest BCUT2D eigenvalue weighted by atomic mass is 35.5. The number of hydrogen-bond acceptors (Lipinski definition) is 2. The van der Waals surface area contributed by atoms with Gasteiger partial charge < -0.3 is 0 Å². The van der Waals surface area contributed by atoms with Crippen molar-refractivity contribution in [1.29, 1.82) is 0 Å². The molecule has 4 heteroatoms. The van der Waals surface area contributed by atoms with Crippen LogP contribution in [0.5, 0.6) is 0 Å². The number of fused-ring (bicyclic) bond motifs is 1. The second-order valence-corrected chi connectivity index (χ2v) is 4.66. The molecule has 0 fully saturated rings. The van der Waals surface area contributed by atoms with E-state index in [0.29, 0.717) is 0 Å². The van der Waals surface area contributed by atoms with Crippen molar-refractivity contribution in [3.63, 3.8) is 0 Å². The molecule has 2 heterocycles. The predicted octanol–water partition coefficient (Wildman–Crippen LogP) is 3.07. The maximum Gasteiger partial charge on any atom is 0.241 e. The van der Waals surface area contributed by atoms with Crippen LogP contribution in [0.25, 0.3) is 5.52 Å². The molecule has 0 aromatic carbocycles. The fourth-order valence-electron chi connectivity index (χ4n) is 1.58. The summed E-state index contributed by atoms with van der Waals surface area (Å²) < 4.78 is 1.87. The van der Waals surface area contributed by atoms with E-state index in [4.69, 9.17) is 11.6 Å². The van der Waals surface area contributed by atoms with Crippen molar-refractivity contribution in [3.05, 3.63) is 29.3 Å². The third kappa shape index (κ3) is 1.72. The Hall–Kier alpha value is -1.09. The van der Waals surface area contributed by atoms with Crippen LogP contribution in [0.3, 0.4) is 0 Å². The number of halogens is 1. The Morgan fingerprint density at radius 1 is 1.40 bits per heavy atom. The monoisotopic (exact) mass is 223 g/mol. The molecule has 0 aliphatic rings. The van der Waals surface area contributed by atoms with Gasteiger partial charge in [0.2, 0.25) is 5.28 Å². The molecule has 2 rings (SSSR count). The van der Waals surface area contributed by atoms with Crippen LogP contribution in [0.2, 0.25) is 5.28 Å². The van der Waals surface area contributed by atoms with Crippen LogP contribution in [-0.4, -0.2) is 14.6 Å². The Labute approximate surface area is 94.1 Å². The Morgan fingerprint density at radius 3 is 2.80 bits per heavy atom. The SMILES string of the molecule is CCC(C)(C)c1ccc2cnc(Cl)nn12. The van der Waals surface area contributed by atoms with E-state index in [0.717, 1.165) is 11.9 Å². The molecule has 0 saturated heterocycles. The summed E-state index contributed by atoms with van der Waals surface area (Å²) in [5.74, 6) is 0. The maximum absolute atomic E-state index is 5.80. The largest absolute Gasteiger partial charge is 0.241 e. The first-order valence-corrected chi connectivity index (χ1v) is 5.43. The van der Waals surface area contributed by atoms with Gasteiger partial charge in [0.1, 0.15) is 0 Å². The molecule has 0 atom stereocenters. The van der Waals surface area contributed by atoms with Crippen LogP contribution in [-0.2, 0) is 5.41 Å². The Kier molecular flexibility index (Phi) is 2.43. The number of aromatic nitrogens is 3. The third-order valence-electron chi connectivity index (χ3n) is 2.95. The van der Waals surface area contributed by atoms with Gasteiger partial charge in [0.05, 0.1) is 11.7 Å². The lowest BCUT2D eigenvalue weighted by atomic mass is 9.87. The molecule has 0 bridgehead atoms. The zero-order valence-electron chi connectivity index (χ0n) is 9.16. The molecular formula is C11H14ClN3. The minimum absolute atomic E-state index is 0.101. The van der Waals surface area contributed by atoms with Gasteiger partial charge in [-0.15, -0.1) is 5.10 Å². The van der Waals surface area contributed by atoms with E-state index in [-0.39, 0.29) is 10.7 Å². The second-order valence-electron chi connectivity index (χ2n) is 4.32. The minimum atomic E-state index is 0.101. The Balaban J connectivity index is 2.67. The summed E-state index contributed by atoms with van der Waals surface area (Å²) in [6.07, 6.45) is 2.80. The molecule has 0 radical (unpaired) electrons. The molecule has 80 valence electrons. The van der Waals surface area contributed by atoms with E-state index < -0.39 is 0 Å². The van der Waals surface area contributed by atoms with E-state index >= 15 is 0 Å². The standard InChI is InChI=1S/C11H14ClN3/c1-4-11(2,3)9-6-5-8-7-13-10(12)14-15(8)9/h5-7H,4H2,1-3H3. The molecule has 0 aliphatic heterocycles. The van der Waals surface area contributed by atoms with Gasteiger partial charge in [0.25, 0.3) is 0 Å². The van der Waals surface area contributed by atoms with E-state index in [1.165, 1.54) is 5.69 Å². The quantitative estimate of drug-likeness (QED) is 0.783. The molecule has 3 nitrogen and oxygen atoms in total. The van der Waals surface area contributed by atoms with Crippen molar-refractivity contribution in [1.82, 2.24) is 14.6 Å². The van der Waals surface area contributed by atoms with E-state index in [2.05, 4.69) is 36.9 Å². The lowest BCUT2D eigenvalue weighted by molar-refractivity contribution is 0.478. The lowest BCUT2D eigenvalue weighted by Crippen LogP contribution is -2.19. The molecule has 0 aliphatic carbocycles. The molecular weight excluding hydrogens is 210 g/mol. The van der Waals surface area contributed by atoms with Gasteiger partial charge in [-0.25, -0.2) is 9.50 Å². The van der Waals surface area contributed by atoms with Gasteiger partial charge in [-0.2, -0.15) is 0 Å². The van der Waals surface area contributed by atoms with Crippen molar-refractivity contribution in [2.45, 2.75) is 32.6 Å². The number of nitrogens with zero attached hydrogens (tertiary/aromatic N) is 3. The molecule has 0 saturated carbocycles. The molecule has 0 N–H and O–H groups in total. The van der Waals surface area contributed by atoms with Gasteiger partial charge in [0.15, 0.2) is 0 Å². The zero-order valence-corrected chi connectivity index (χ0v) is 9.91. The van der Waals surface area contributed by atoms with Crippen LogP contribution in [0.4, 0.5) is 0 Å². The zero-order chi connectivity index (χ0) is 11.1. The van der Waals surface area contributed by atoms with E-state index in [1.54, 1.807) is 6.20 Å². The Bertz CT molecular complexity index is 488. The lowest BCUT2D eigenvalue weighted by Gasteiger charge is -2.21. The summed E-state index contributed by atoms with van der Waals surface area (Å²) in [6.45, 7) is 6.57. The van der Waals surface area contributed by atoms with Crippen molar-refractivity contribution in [2.24, 2.45) is 0 Å². The van der Waals surface area contributed by atoms with Gasteiger partial charge in [-0.05, 0) is 30.2 Å². The van der Waals surface area contributed by atoms with E-state index in [1.807, 2.05) is 10.6 Å². The van der Waals surface area contributed by atoms with Gasteiger partial charge in [-0.3, -0.25) is 0 Å². The van der Waals surface area contributed by atoms with Crippen LogP contribution >= 0.6 is 11.6 Å². The highest BCUT2D eigenvalue weighted by Gasteiger charge is 2.22. The average molecular weight is 224 g/mol. The predicted molar refractivity (Wildman–Crippen MR) is 61.3 cm³/mol. The summed E-state index contributed by atoms with van der Waals surface area (Å²) >= 11 is 5.80. The molecule has 15 heavy (non-hydrogen) atoms. The maximum atomic E-state index is 5.80. The summed E-state index contributed by atoms with van der Waals surface area (Å²) in [7, 11) is 0. The second kappa shape index (κ2) is 3.49. The summed E-state index contributed by atoms with van der Waals surface area (Å²) in [4.78, 5) is 3.96.